The van der Waals surface area contributed by atoms with Crippen molar-refractivity contribution in [1.29, 1.82) is 5.26 Å². The van der Waals surface area contributed by atoms with Gasteiger partial charge >= 0.3 is 5.97 Å². The minimum absolute atomic E-state index is 0.0785. The van der Waals surface area contributed by atoms with Crippen LogP contribution >= 0.6 is 0 Å². The first kappa shape index (κ1) is 19.7. The third-order valence-electron chi connectivity index (χ3n) is 3.82. The van der Waals surface area contributed by atoms with Gasteiger partial charge < -0.3 is 15.0 Å². The van der Waals surface area contributed by atoms with E-state index < -0.39 is 5.97 Å². The van der Waals surface area contributed by atoms with Crippen LogP contribution in [0.5, 0.6) is 0 Å². The van der Waals surface area contributed by atoms with Crippen molar-refractivity contribution in [1.82, 2.24) is 0 Å². The Morgan fingerprint density at radius 1 is 1.15 bits per heavy atom. The standard InChI is InChI=1S/C20H19N3O4/c1-14(24)23(18-8-6-16(7-9-18)20(26)27-2)11-10-19(25)22-17-5-3-4-15(12-17)13-21/h3-9,12H,10-11H2,1-2H3,(H,22,25). The zero-order chi connectivity index (χ0) is 19.8. The van der Waals surface area contributed by atoms with Crippen molar-refractivity contribution < 1.29 is 19.1 Å². The van der Waals surface area contributed by atoms with Gasteiger partial charge in [0.25, 0.3) is 0 Å². The highest BCUT2D eigenvalue weighted by Gasteiger charge is 2.15. The Hall–Kier alpha value is -3.66. The number of methoxy groups -OCH3 is 1. The molecular weight excluding hydrogens is 346 g/mol. The Kier molecular flexibility index (Phi) is 6.67. The molecule has 7 heteroatoms. The molecule has 1 N–H and O–H groups in total. The number of nitrogens with zero attached hydrogens (tertiary/aromatic N) is 2. The van der Waals surface area contributed by atoms with Gasteiger partial charge in [0.2, 0.25) is 11.8 Å². The molecule has 138 valence electrons. The summed E-state index contributed by atoms with van der Waals surface area (Å²) in [6.07, 6.45) is 0.0785. The molecule has 27 heavy (non-hydrogen) atoms. The monoisotopic (exact) mass is 365 g/mol. The Balaban J connectivity index is 2.01. The second kappa shape index (κ2) is 9.15. The lowest BCUT2D eigenvalue weighted by molar-refractivity contribution is -0.117. The number of hydrogen-bond acceptors (Lipinski definition) is 5. The van der Waals surface area contributed by atoms with Crippen LogP contribution in [0.4, 0.5) is 11.4 Å². The smallest absolute Gasteiger partial charge is 0.337 e. The number of nitrogens with one attached hydrogen (secondary N) is 1. The normalized spacial score (nSPS) is 9.81. The number of anilines is 2. The van der Waals surface area contributed by atoms with Crippen molar-refractivity contribution >= 4 is 29.2 Å². The van der Waals surface area contributed by atoms with Gasteiger partial charge in [-0.1, -0.05) is 6.07 Å². The Morgan fingerprint density at radius 3 is 2.44 bits per heavy atom. The lowest BCUT2D eigenvalue weighted by atomic mass is 10.2. The number of carbonyl (C=O) groups excluding carboxylic acids is 3. The minimum Gasteiger partial charge on any atom is -0.465 e. The van der Waals surface area contributed by atoms with Crippen molar-refractivity contribution in [2.24, 2.45) is 0 Å². The number of esters is 1. The van der Waals surface area contributed by atoms with Gasteiger partial charge in [-0.2, -0.15) is 5.26 Å². The third-order valence-corrected chi connectivity index (χ3v) is 3.82. The number of carbonyl (C=O) groups is 3. The number of benzene rings is 2. The molecular formula is C20H19N3O4. The van der Waals surface area contributed by atoms with Crippen LogP contribution in [-0.4, -0.2) is 31.4 Å². The van der Waals surface area contributed by atoms with E-state index in [0.717, 1.165) is 0 Å². The molecule has 0 heterocycles. The molecule has 0 aliphatic rings. The molecule has 0 aromatic heterocycles. The van der Waals surface area contributed by atoms with E-state index in [0.29, 0.717) is 22.5 Å². The van der Waals surface area contributed by atoms with E-state index in [1.807, 2.05) is 6.07 Å². The van der Waals surface area contributed by atoms with E-state index >= 15 is 0 Å². The summed E-state index contributed by atoms with van der Waals surface area (Å²) in [6.45, 7) is 1.58. The second-order valence-electron chi connectivity index (χ2n) is 5.70. The van der Waals surface area contributed by atoms with Crippen LogP contribution in [-0.2, 0) is 14.3 Å². The third kappa shape index (κ3) is 5.41. The Bertz CT molecular complexity index is 885. The average Bonchev–Trinajstić information content (AvgIpc) is 2.67. The van der Waals surface area contributed by atoms with Crippen LogP contribution in [0.1, 0.15) is 29.3 Å². The van der Waals surface area contributed by atoms with E-state index in [4.69, 9.17) is 5.26 Å². The van der Waals surface area contributed by atoms with Gasteiger partial charge in [0.15, 0.2) is 0 Å². The van der Waals surface area contributed by atoms with Crippen LogP contribution in [0, 0.1) is 11.3 Å². The average molecular weight is 365 g/mol. The molecule has 0 fully saturated rings. The summed E-state index contributed by atoms with van der Waals surface area (Å²) >= 11 is 0. The quantitative estimate of drug-likeness (QED) is 0.794. The molecule has 0 aliphatic carbocycles. The molecule has 7 nitrogen and oxygen atoms in total. The van der Waals surface area contributed by atoms with Crippen LogP contribution in [0.3, 0.4) is 0 Å². The fourth-order valence-electron chi connectivity index (χ4n) is 2.47. The number of hydrogen-bond donors (Lipinski definition) is 1. The summed E-state index contributed by atoms with van der Waals surface area (Å²) in [4.78, 5) is 37.0. The molecule has 2 aromatic rings. The maximum absolute atomic E-state index is 12.2. The lowest BCUT2D eigenvalue weighted by Gasteiger charge is -2.21. The van der Waals surface area contributed by atoms with Gasteiger partial charge in [0.1, 0.15) is 0 Å². The zero-order valence-corrected chi connectivity index (χ0v) is 15.1. The summed E-state index contributed by atoms with van der Waals surface area (Å²) in [5.41, 5.74) is 1.93. The Morgan fingerprint density at radius 2 is 1.85 bits per heavy atom. The highest BCUT2D eigenvalue weighted by Crippen LogP contribution is 2.17. The van der Waals surface area contributed by atoms with Crippen LogP contribution < -0.4 is 10.2 Å². The van der Waals surface area contributed by atoms with Gasteiger partial charge in [-0.15, -0.1) is 0 Å². The predicted molar refractivity (Wildman–Crippen MR) is 100 cm³/mol. The lowest BCUT2D eigenvalue weighted by Crippen LogP contribution is -2.32. The molecule has 0 spiro atoms. The zero-order valence-electron chi connectivity index (χ0n) is 15.1. The molecule has 0 aliphatic heterocycles. The highest BCUT2D eigenvalue weighted by molar-refractivity contribution is 5.95. The van der Waals surface area contributed by atoms with E-state index in [1.165, 1.54) is 18.9 Å². The second-order valence-corrected chi connectivity index (χ2v) is 5.70. The molecule has 0 saturated carbocycles. The molecule has 0 saturated heterocycles. The number of amides is 2. The van der Waals surface area contributed by atoms with Crippen molar-refractivity contribution in [3.8, 4) is 6.07 Å². The maximum atomic E-state index is 12.2. The number of ether oxygens (including phenoxy) is 1. The van der Waals surface area contributed by atoms with E-state index in [1.54, 1.807) is 48.5 Å². The van der Waals surface area contributed by atoms with Gasteiger partial charge in [0.05, 0.1) is 24.3 Å². The summed E-state index contributed by atoms with van der Waals surface area (Å²) < 4.78 is 4.64. The van der Waals surface area contributed by atoms with Gasteiger partial charge in [0, 0.05) is 31.3 Å². The van der Waals surface area contributed by atoms with Gasteiger partial charge in [-0.05, 0) is 42.5 Å². The topological polar surface area (TPSA) is 99.5 Å². The Labute approximate surface area is 157 Å². The van der Waals surface area contributed by atoms with Crippen LogP contribution in [0.25, 0.3) is 0 Å². The molecule has 0 bridgehead atoms. The molecule has 0 radical (unpaired) electrons. The summed E-state index contributed by atoms with van der Waals surface area (Å²) in [5.74, 6) is -0.961. The van der Waals surface area contributed by atoms with Crippen molar-refractivity contribution in [3.05, 3.63) is 59.7 Å². The largest absolute Gasteiger partial charge is 0.465 e. The first-order valence-corrected chi connectivity index (χ1v) is 8.21. The maximum Gasteiger partial charge on any atom is 0.337 e. The van der Waals surface area contributed by atoms with Crippen LogP contribution in [0.2, 0.25) is 0 Å². The number of rotatable bonds is 6. The minimum atomic E-state index is -0.463. The van der Waals surface area contributed by atoms with E-state index in [9.17, 15) is 14.4 Å². The summed E-state index contributed by atoms with van der Waals surface area (Å²) in [7, 11) is 1.29. The summed E-state index contributed by atoms with van der Waals surface area (Å²) in [5, 5.41) is 11.6. The fraction of sp³-hybridized carbons (Fsp3) is 0.200. The van der Waals surface area contributed by atoms with Gasteiger partial charge in [-0.3, -0.25) is 9.59 Å². The first-order valence-electron chi connectivity index (χ1n) is 8.21. The van der Waals surface area contributed by atoms with E-state index in [-0.39, 0.29) is 24.8 Å². The number of nitriles is 1. The summed E-state index contributed by atoms with van der Waals surface area (Å²) in [6, 6.07) is 15.0. The molecule has 2 rings (SSSR count). The van der Waals surface area contributed by atoms with E-state index in [2.05, 4.69) is 10.1 Å². The molecule has 0 atom stereocenters. The molecule has 2 amide bonds. The molecule has 0 unspecified atom stereocenters. The SMILES string of the molecule is COC(=O)c1ccc(N(CCC(=O)Nc2cccc(C#N)c2)C(C)=O)cc1. The van der Waals surface area contributed by atoms with Crippen molar-refractivity contribution in [3.63, 3.8) is 0 Å². The fourth-order valence-corrected chi connectivity index (χ4v) is 2.47. The predicted octanol–water partition coefficient (Wildman–Crippen LogP) is 2.73. The first-order chi connectivity index (χ1) is 12.9. The van der Waals surface area contributed by atoms with Crippen LogP contribution in [0.15, 0.2) is 48.5 Å². The van der Waals surface area contributed by atoms with Crippen molar-refractivity contribution in [2.45, 2.75) is 13.3 Å². The van der Waals surface area contributed by atoms with Gasteiger partial charge in [-0.25, -0.2) is 4.79 Å². The molecule has 2 aromatic carbocycles. The highest BCUT2D eigenvalue weighted by atomic mass is 16.5. The van der Waals surface area contributed by atoms with Crippen molar-refractivity contribution in [2.75, 3.05) is 23.9 Å².